The van der Waals surface area contributed by atoms with Gasteiger partial charge in [-0.2, -0.15) is 0 Å². The van der Waals surface area contributed by atoms with Crippen molar-refractivity contribution in [1.82, 2.24) is 5.43 Å². The van der Waals surface area contributed by atoms with Crippen LogP contribution in [0.15, 0.2) is 28.7 Å². The lowest BCUT2D eigenvalue weighted by Gasteiger charge is -2.56. The van der Waals surface area contributed by atoms with Crippen molar-refractivity contribution < 1.29 is 0 Å². The molecule has 0 aliphatic heterocycles. The SMILES string of the molecule is NNC(Cc1ccc(Br)cc1)C1C2CC3CC(C2)CC1C3. The summed E-state index contributed by atoms with van der Waals surface area (Å²) in [7, 11) is 0. The molecule has 0 heterocycles. The minimum atomic E-state index is 0.446. The van der Waals surface area contributed by atoms with Gasteiger partial charge in [-0.25, -0.2) is 0 Å². The van der Waals surface area contributed by atoms with Crippen molar-refractivity contribution in [3.8, 4) is 0 Å². The van der Waals surface area contributed by atoms with Crippen LogP contribution in [-0.4, -0.2) is 6.04 Å². The number of nitrogens with one attached hydrogen (secondary N) is 1. The van der Waals surface area contributed by atoms with Gasteiger partial charge in [0.1, 0.15) is 0 Å². The van der Waals surface area contributed by atoms with Gasteiger partial charge >= 0.3 is 0 Å². The molecule has 2 nitrogen and oxygen atoms in total. The molecule has 0 saturated heterocycles. The third kappa shape index (κ3) is 2.69. The predicted octanol–water partition coefficient (Wildman–Crippen LogP) is 3.90. The van der Waals surface area contributed by atoms with Crippen molar-refractivity contribution in [2.75, 3.05) is 0 Å². The lowest BCUT2D eigenvalue weighted by Crippen LogP contribution is -2.55. The molecule has 5 rings (SSSR count). The normalized spacial score (nSPS) is 38.7. The highest BCUT2D eigenvalue weighted by Gasteiger charge is 2.50. The van der Waals surface area contributed by atoms with Crippen molar-refractivity contribution >= 4 is 15.9 Å². The fourth-order valence-electron chi connectivity index (χ4n) is 5.80. The zero-order valence-corrected chi connectivity index (χ0v) is 14.1. The van der Waals surface area contributed by atoms with Crippen LogP contribution < -0.4 is 11.3 Å². The molecule has 4 fully saturated rings. The number of rotatable bonds is 4. The van der Waals surface area contributed by atoms with E-state index in [0.717, 1.165) is 40.5 Å². The first-order valence-electron chi connectivity index (χ1n) is 8.43. The van der Waals surface area contributed by atoms with E-state index in [1.165, 1.54) is 37.7 Å². The van der Waals surface area contributed by atoms with Crippen LogP contribution >= 0.6 is 15.9 Å². The topological polar surface area (TPSA) is 38.0 Å². The Morgan fingerprint density at radius 2 is 1.57 bits per heavy atom. The van der Waals surface area contributed by atoms with Crippen molar-refractivity contribution in [3.63, 3.8) is 0 Å². The molecule has 1 aromatic rings. The Labute approximate surface area is 136 Å². The summed E-state index contributed by atoms with van der Waals surface area (Å²) in [6, 6.07) is 9.18. The first-order chi connectivity index (χ1) is 10.2. The van der Waals surface area contributed by atoms with Gasteiger partial charge < -0.3 is 0 Å². The molecule has 3 N–H and O–H groups in total. The van der Waals surface area contributed by atoms with Gasteiger partial charge in [0, 0.05) is 10.5 Å². The van der Waals surface area contributed by atoms with Gasteiger partial charge in [0.05, 0.1) is 0 Å². The van der Waals surface area contributed by atoms with Crippen LogP contribution in [0.4, 0.5) is 0 Å². The van der Waals surface area contributed by atoms with Gasteiger partial charge in [0.15, 0.2) is 0 Å². The van der Waals surface area contributed by atoms with E-state index in [-0.39, 0.29) is 0 Å². The maximum absolute atomic E-state index is 5.97. The van der Waals surface area contributed by atoms with Gasteiger partial charge in [-0.1, -0.05) is 28.1 Å². The van der Waals surface area contributed by atoms with Gasteiger partial charge in [-0.15, -0.1) is 0 Å². The summed E-state index contributed by atoms with van der Waals surface area (Å²) in [5.74, 6) is 10.7. The molecule has 21 heavy (non-hydrogen) atoms. The second kappa shape index (κ2) is 5.68. The van der Waals surface area contributed by atoms with Crippen molar-refractivity contribution in [1.29, 1.82) is 0 Å². The Kier molecular flexibility index (Phi) is 3.85. The van der Waals surface area contributed by atoms with Crippen LogP contribution in [0.5, 0.6) is 0 Å². The number of benzene rings is 1. The van der Waals surface area contributed by atoms with E-state index >= 15 is 0 Å². The fourth-order valence-corrected chi connectivity index (χ4v) is 6.07. The lowest BCUT2D eigenvalue weighted by atomic mass is 9.50. The Morgan fingerprint density at radius 3 is 2.10 bits per heavy atom. The van der Waals surface area contributed by atoms with Crippen LogP contribution in [0.25, 0.3) is 0 Å². The predicted molar refractivity (Wildman–Crippen MR) is 89.5 cm³/mol. The van der Waals surface area contributed by atoms with Crippen LogP contribution in [0.2, 0.25) is 0 Å². The van der Waals surface area contributed by atoms with Crippen molar-refractivity contribution in [2.45, 2.75) is 44.6 Å². The molecular weight excluding hydrogens is 324 g/mol. The lowest BCUT2D eigenvalue weighted by molar-refractivity contribution is -0.0517. The van der Waals surface area contributed by atoms with Crippen LogP contribution in [-0.2, 0) is 6.42 Å². The summed E-state index contributed by atoms with van der Waals surface area (Å²) in [6.45, 7) is 0. The Balaban J connectivity index is 1.51. The third-order valence-corrected chi connectivity index (χ3v) is 6.88. The van der Waals surface area contributed by atoms with Crippen LogP contribution in [0.1, 0.15) is 37.7 Å². The molecule has 4 bridgehead atoms. The van der Waals surface area contributed by atoms with E-state index in [2.05, 4.69) is 45.6 Å². The monoisotopic (exact) mass is 348 g/mol. The van der Waals surface area contributed by atoms with E-state index in [9.17, 15) is 0 Å². The molecule has 0 amide bonds. The quantitative estimate of drug-likeness (QED) is 0.639. The summed E-state index contributed by atoms with van der Waals surface area (Å²) in [6.07, 6.45) is 8.46. The first kappa shape index (κ1) is 14.2. The molecule has 114 valence electrons. The summed E-state index contributed by atoms with van der Waals surface area (Å²) in [5, 5.41) is 0. The smallest absolute Gasteiger partial charge is 0.0284 e. The second-order valence-corrected chi connectivity index (χ2v) is 8.53. The van der Waals surface area contributed by atoms with Crippen molar-refractivity contribution in [3.05, 3.63) is 34.3 Å². The molecule has 4 aliphatic rings. The van der Waals surface area contributed by atoms with E-state index in [0.29, 0.717) is 6.04 Å². The molecule has 0 aromatic heterocycles. The molecule has 0 radical (unpaired) electrons. The summed E-state index contributed by atoms with van der Waals surface area (Å²) in [5.41, 5.74) is 4.58. The minimum Gasteiger partial charge on any atom is -0.271 e. The number of halogens is 1. The molecule has 4 saturated carbocycles. The highest BCUT2D eigenvalue weighted by atomic mass is 79.9. The first-order valence-corrected chi connectivity index (χ1v) is 9.22. The Bertz CT molecular complexity index is 470. The molecule has 0 spiro atoms. The second-order valence-electron chi connectivity index (χ2n) is 7.61. The average molecular weight is 349 g/mol. The molecule has 4 aliphatic carbocycles. The molecule has 1 unspecified atom stereocenters. The Morgan fingerprint density at radius 1 is 1.00 bits per heavy atom. The molecule has 1 aromatic carbocycles. The highest BCUT2D eigenvalue weighted by Crippen LogP contribution is 2.57. The molecular formula is C18H25BrN2. The van der Waals surface area contributed by atoms with E-state index in [1.807, 2.05) is 0 Å². The largest absolute Gasteiger partial charge is 0.271 e. The highest BCUT2D eigenvalue weighted by molar-refractivity contribution is 9.10. The third-order valence-electron chi connectivity index (χ3n) is 6.35. The fraction of sp³-hybridized carbons (Fsp3) is 0.667. The number of hydrazine groups is 1. The average Bonchev–Trinajstić information content (AvgIpc) is 2.47. The summed E-state index contributed by atoms with van der Waals surface area (Å²) < 4.78 is 1.15. The Hall–Kier alpha value is -0.380. The zero-order valence-electron chi connectivity index (χ0n) is 12.5. The van der Waals surface area contributed by atoms with Gasteiger partial charge in [0.25, 0.3) is 0 Å². The standard InChI is InChI=1S/C18H25BrN2/c19-16-3-1-11(2-4-16)10-17(21-20)18-14-6-12-5-13(8-14)9-15(18)7-12/h1-4,12-15,17-18,21H,5-10,20H2. The zero-order chi connectivity index (χ0) is 14.4. The van der Waals surface area contributed by atoms with Crippen molar-refractivity contribution in [2.24, 2.45) is 35.4 Å². The maximum atomic E-state index is 5.97. The number of hydrogen-bond acceptors (Lipinski definition) is 2. The van der Waals surface area contributed by atoms with E-state index in [1.54, 1.807) is 0 Å². The van der Waals surface area contributed by atoms with Crippen LogP contribution in [0.3, 0.4) is 0 Å². The van der Waals surface area contributed by atoms with E-state index in [4.69, 9.17) is 5.84 Å². The maximum Gasteiger partial charge on any atom is 0.0284 e. The summed E-state index contributed by atoms with van der Waals surface area (Å²) >= 11 is 3.52. The number of nitrogens with two attached hydrogens (primary N) is 1. The van der Waals surface area contributed by atoms with E-state index < -0.39 is 0 Å². The van der Waals surface area contributed by atoms with Gasteiger partial charge in [-0.05, 0) is 85.8 Å². The number of hydrogen-bond donors (Lipinski definition) is 2. The van der Waals surface area contributed by atoms with Gasteiger partial charge in [0.2, 0.25) is 0 Å². The molecule has 1 atom stereocenters. The summed E-state index contributed by atoms with van der Waals surface area (Å²) in [4.78, 5) is 0. The van der Waals surface area contributed by atoms with Crippen LogP contribution in [0, 0.1) is 29.6 Å². The molecule has 3 heteroatoms. The van der Waals surface area contributed by atoms with Gasteiger partial charge in [-0.3, -0.25) is 11.3 Å². The minimum absolute atomic E-state index is 0.446.